The van der Waals surface area contributed by atoms with Crippen molar-refractivity contribution in [2.75, 3.05) is 11.9 Å². The van der Waals surface area contributed by atoms with Crippen LogP contribution in [0.15, 0.2) is 60.7 Å². The molecule has 0 saturated carbocycles. The normalized spacial score (nSPS) is 12.6. The van der Waals surface area contributed by atoms with Crippen molar-refractivity contribution in [1.82, 2.24) is 0 Å². The monoisotopic (exact) mass is 545 g/mol. The quantitative estimate of drug-likeness (QED) is 0.212. The Labute approximate surface area is 226 Å². The van der Waals surface area contributed by atoms with Crippen molar-refractivity contribution < 1.29 is 23.8 Å². The third-order valence-electron chi connectivity index (χ3n) is 6.28. The lowest BCUT2D eigenvalue weighted by Gasteiger charge is -2.26. The highest BCUT2D eigenvalue weighted by Gasteiger charge is 2.18. The molecule has 0 aliphatic rings. The van der Waals surface area contributed by atoms with E-state index < -0.39 is 11.8 Å². The van der Waals surface area contributed by atoms with Gasteiger partial charge in [-0.05, 0) is 60.9 Å². The van der Waals surface area contributed by atoms with E-state index in [0.717, 1.165) is 12.1 Å². The topological polar surface area (TPSA) is 75.6 Å². The van der Waals surface area contributed by atoms with Crippen molar-refractivity contribution in [3.05, 3.63) is 82.1 Å². The average molecular weight is 546 g/mol. The van der Waals surface area contributed by atoms with Gasteiger partial charge in [-0.1, -0.05) is 49.5 Å². The maximum absolute atomic E-state index is 14.9. The first-order valence-electron chi connectivity index (χ1n) is 12.2. The van der Waals surface area contributed by atoms with Crippen LogP contribution in [0.5, 0.6) is 5.75 Å². The minimum atomic E-state index is -0.907. The van der Waals surface area contributed by atoms with Crippen molar-refractivity contribution in [1.29, 1.82) is 0 Å². The van der Waals surface area contributed by atoms with Crippen molar-refractivity contribution in [2.45, 2.75) is 45.6 Å². The van der Waals surface area contributed by atoms with Gasteiger partial charge in [0.05, 0.1) is 6.04 Å². The Morgan fingerprint density at radius 3 is 2.32 bits per heavy atom. The number of carbonyl (C=O) groups excluding carboxylic acids is 1. The molecule has 0 unspecified atom stereocenters. The number of hydrogen-bond acceptors (Lipinski definition) is 4. The molecule has 3 rings (SSSR count). The van der Waals surface area contributed by atoms with Crippen LogP contribution in [0.2, 0.25) is 10.0 Å². The van der Waals surface area contributed by atoms with E-state index in [9.17, 15) is 14.0 Å². The van der Waals surface area contributed by atoms with Crippen molar-refractivity contribution in [3.63, 3.8) is 0 Å². The zero-order valence-electron chi connectivity index (χ0n) is 20.8. The van der Waals surface area contributed by atoms with E-state index in [4.69, 9.17) is 33.0 Å². The van der Waals surface area contributed by atoms with Gasteiger partial charge in [0.1, 0.15) is 18.2 Å². The second-order valence-corrected chi connectivity index (χ2v) is 9.80. The molecule has 0 radical (unpaired) electrons. The number of carbonyl (C=O) groups is 2. The van der Waals surface area contributed by atoms with Crippen LogP contribution in [0.4, 0.5) is 10.1 Å². The Balaban J connectivity index is 1.64. The van der Waals surface area contributed by atoms with Gasteiger partial charge >= 0.3 is 5.97 Å². The molecule has 196 valence electrons. The molecule has 3 aromatic rings. The summed E-state index contributed by atoms with van der Waals surface area (Å²) in [5.74, 6) is -0.772. The molecule has 0 spiro atoms. The Hall–Kier alpha value is -3.09. The van der Waals surface area contributed by atoms with Gasteiger partial charge in [-0.15, -0.1) is 0 Å². The lowest BCUT2D eigenvalue weighted by molar-refractivity contribution is -0.137. The highest BCUT2D eigenvalue weighted by Crippen LogP contribution is 2.33. The number of Topliss-reactive ketones (excluding diaryl/α,β-unsaturated/α-hetero) is 1. The molecule has 0 fully saturated rings. The number of hydrogen-bond donors (Lipinski definition) is 2. The van der Waals surface area contributed by atoms with E-state index in [1.807, 2.05) is 12.1 Å². The molecule has 3 aromatic carbocycles. The molecular weight excluding hydrogens is 516 g/mol. The van der Waals surface area contributed by atoms with Crippen LogP contribution in [-0.4, -0.2) is 29.5 Å². The summed E-state index contributed by atoms with van der Waals surface area (Å²) in [5, 5.41) is 13.0. The number of halogens is 3. The lowest BCUT2D eigenvalue weighted by atomic mass is 9.99. The lowest BCUT2D eigenvalue weighted by Crippen LogP contribution is -2.33. The van der Waals surface area contributed by atoms with Gasteiger partial charge in [0, 0.05) is 51.3 Å². The van der Waals surface area contributed by atoms with Gasteiger partial charge in [0.25, 0.3) is 0 Å². The predicted molar refractivity (Wildman–Crippen MR) is 146 cm³/mol. The number of benzene rings is 3. The fourth-order valence-electron chi connectivity index (χ4n) is 3.84. The minimum absolute atomic E-state index is 0.0243. The summed E-state index contributed by atoms with van der Waals surface area (Å²) in [4.78, 5) is 22.9. The molecule has 2 N–H and O–H groups in total. The highest BCUT2D eigenvalue weighted by molar-refractivity contribution is 6.36. The highest BCUT2D eigenvalue weighted by atomic mass is 35.5. The van der Waals surface area contributed by atoms with Crippen LogP contribution >= 0.6 is 23.2 Å². The number of ketones is 1. The molecule has 5 nitrogen and oxygen atoms in total. The van der Waals surface area contributed by atoms with Crippen LogP contribution in [0.25, 0.3) is 11.1 Å². The van der Waals surface area contributed by atoms with E-state index in [2.05, 4.69) is 19.2 Å². The van der Waals surface area contributed by atoms with Gasteiger partial charge in [-0.3, -0.25) is 9.59 Å². The molecular formula is C29H30Cl2FNO4. The van der Waals surface area contributed by atoms with E-state index in [0.29, 0.717) is 45.5 Å². The fourth-order valence-corrected chi connectivity index (χ4v) is 4.35. The Morgan fingerprint density at radius 1 is 1.00 bits per heavy atom. The third kappa shape index (κ3) is 8.20. The summed E-state index contributed by atoms with van der Waals surface area (Å²) in [5.41, 5.74) is 2.29. The predicted octanol–water partition coefficient (Wildman–Crippen LogP) is 8.14. The zero-order valence-corrected chi connectivity index (χ0v) is 22.3. The number of ether oxygens (including phenoxy) is 1. The molecule has 37 heavy (non-hydrogen) atoms. The number of rotatable bonds is 13. The van der Waals surface area contributed by atoms with Gasteiger partial charge in [0.15, 0.2) is 5.78 Å². The molecule has 0 aromatic heterocycles. The van der Waals surface area contributed by atoms with Crippen molar-refractivity contribution >= 4 is 40.6 Å². The molecule has 8 heteroatoms. The largest absolute Gasteiger partial charge is 0.491 e. The van der Waals surface area contributed by atoms with E-state index in [1.54, 1.807) is 42.5 Å². The maximum atomic E-state index is 14.9. The maximum Gasteiger partial charge on any atom is 0.303 e. The first-order valence-corrected chi connectivity index (χ1v) is 12.9. The van der Waals surface area contributed by atoms with Crippen molar-refractivity contribution in [3.8, 4) is 16.9 Å². The fraction of sp³-hybridized carbons (Fsp3) is 0.310. The smallest absolute Gasteiger partial charge is 0.303 e. The molecule has 0 saturated heterocycles. The van der Waals surface area contributed by atoms with Crippen LogP contribution in [0, 0.1) is 11.7 Å². The standard InChI is InChI=1S/C29H30Cl2FNO4/c1-3-18(2)27(33-21-10-7-19(8-11-21)28(34)5-4-6-29(35)36)17-37-22-12-14-24(26(32)16-22)23-13-9-20(30)15-25(23)31/h7-16,18,27,33H,3-6,17H2,1-2H3,(H,35,36)/t18-,27+/m0/s1. The second-order valence-electron chi connectivity index (χ2n) is 8.96. The number of aliphatic carboxylic acids is 1. The summed E-state index contributed by atoms with van der Waals surface area (Å²) >= 11 is 12.2. The average Bonchev–Trinajstić information content (AvgIpc) is 2.86. The second kappa shape index (κ2) is 13.5. The van der Waals surface area contributed by atoms with Crippen LogP contribution < -0.4 is 10.1 Å². The van der Waals surface area contributed by atoms with Crippen LogP contribution in [-0.2, 0) is 4.79 Å². The molecule has 0 amide bonds. The molecule has 0 aliphatic carbocycles. The summed E-state index contributed by atoms with van der Waals surface area (Å²) < 4.78 is 20.8. The Bertz CT molecular complexity index is 1230. The summed E-state index contributed by atoms with van der Waals surface area (Å²) in [6, 6.07) is 16.7. The van der Waals surface area contributed by atoms with E-state index in [-0.39, 0.29) is 30.6 Å². The molecule has 2 atom stereocenters. The Morgan fingerprint density at radius 2 is 1.70 bits per heavy atom. The van der Waals surface area contributed by atoms with Crippen LogP contribution in [0.1, 0.15) is 49.9 Å². The van der Waals surface area contributed by atoms with Crippen LogP contribution in [0.3, 0.4) is 0 Å². The summed E-state index contributed by atoms with van der Waals surface area (Å²) in [6.07, 6.45) is 1.39. The first kappa shape index (κ1) is 28.5. The van der Waals surface area contributed by atoms with Gasteiger partial charge in [-0.25, -0.2) is 4.39 Å². The summed E-state index contributed by atoms with van der Waals surface area (Å²) in [6.45, 7) is 4.50. The minimum Gasteiger partial charge on any atom is -0.491 e. The zero-order chi connectivity index (χ0) is 26.9. The molecule has 0 bridgehead atoms. The van der Waals surface area contributed by atoms with Gasteiger partial charge < -0.3 is 15.2 Å². The van der Waals surface area contributed by atoms with Gasteiger partial charge in [0.2, 0.25) is 0 Å². The summed E-state index contributed by atoms with van der Waals surface area (Å²) in [7, 11) is 0. The Kier molecular flexibility index (Phi) is 10.4. The van der Waals surface area contributed by atoms with Gasteiger partial charge in [-0.2, -0.15) is 0 Å². The van der Waals surface area contributed by atoms with Crippen molar-refractivity contribution in [2.24, 2.45) is 5.92 Å². The van der Waals surface area contributed by atoms with E-state index >= 15 is 0 Å². The first-order chi connectivity index (χ1) is 17.7. The third-order valence-corrected chi connectivity index (χ3v) is 6.82. The molecule has 0 aliphatic heterocycles. The number of nitrogens with one attached hydrogen (secondary N) is 1. The number of carboxylic acid groups (broad SMARTS) is 1. The SMILES string of the molecule is CC[C@H](C)[C@@H](COc1ccc(-c2ccc(Cl)cc2Cl)c(F)c1)Nc1ccc(C(=O)CCCC(=O)O)cc1. The number of carboxylic acids is 1. The molecule has 0 heterocycles. The number of anilines is 1. The van der Waals surface area contributed by atoms with E-state index in [1.165, 1.54) is 6.07 Å².